The highest BCUT2D eigenvalue weighted by atomic mass is 16.5. The predicted molar refractivity (Wildman–Crippen MR) is 84.8 cm³/mol. The van der Waals surface area contributed by atoms with Crippen LogP contribution in [0.2, 0.25) is 0 Å². The molecule has 2 rings (SSSR count). The molecule has 1 aliphatic heterocycles. The molecule has 0 spiro atoms. The summed E-state index contributed by atoms with van der Waals surface area (Å²) in [5.41, 5.74) is 7.29. The molecule has 1 saturated carbocycles. The summed E-state index contributed by atoms with van der Waals surface area (Å²) in [6, 6.07) is 0. The molecule has 0 radical (unpaired) electrons. The van der Waals surface area contributed by atoms with Gasteiger partial charge in [-0.25, -0.2) is 0 Å². The molecule has 3 heteroatoms. The van der Waals surface area contributed by atoms with E-state index in [1.807, 2.05) is 7.11 Å². The van der Waals surface area contributed by atoms with E-state index >= 15 is 0 Å². The fourth-order valence-electron chi connectivity index (χ4n) is 5.40. The van der Waals surface area contributed by atoms with Crippen molar-refractivity contribution in [2.75, 3.05) is 33.4 Å². The summed E-state index contributed by atoms with van der Waals surface area (Å²) >= 11 is 0. The van der Waals surface area contributed by atoms with E-state index < -0.39 is 0 Å². The van der Waals surface area contributed by atoms with Gasteiger partial charge in [0.1, 0.15) is 0 Å². The predicted octanol–water partition coefficient (Wildman–Crippen LogP) is 2.89. The number of hydrogen-bond acceptors (Lipinski definition) is 3. The lowest BCUT2D eigenvalue weighted by molar-refractivity contribution is -0.0359. The van der Waals surface area contributed by atoms with Crippen LogP contribution in [0.15, 0.2) is 0 Å². The molecule has 0 aromatic carbocycles. The first kappa shape index (κ1) is 16.3. The number of nitrogens with two attached hydrogens (primary N) is 1. The molecule has 3 nitrogen and oxygen atoms in total. The average molecular weight is 282 g/mol. The van der Waals surface area contributed by atoms with E-state index in [1.165, 1.54) is 32.2 Å². The minimum atomic E-state index is 0.202. The molecule has 2 aliphatic rings. The molecule has 2 N–H and O–H groups in total. The smallest absolute Gasteiger partial charge is 0.0503 e. The standard InChI is InChI=1S/C17H34N2O/c1-15(2)10-16(3,4)12-17(11-15,13-18)19-7-6-14(8-19)9-20-5/h14H,6-13,18H2,1-5H3. The summed E-state index contributed by atoms with van der Waals surface area (Å²) in [7, 11) is 1.81. The first-order valence-electron chi connectivity index (χ1n) is 8.16. The summed E-state index contributed by atoms with van der Waals surface area (Å²) < 4.78 is 5.35. The largest absolute Gasteiger partial charge is 0.384 e. The molecular formula is C17H34N2O. The van der Waals surface area contributed by atoms with Crippen LogP contribution in [0, 0.1) is 16.7 Å². The Morgan fingerprint density at radius 2 is 1.70 bits per heavy atom. The molecule has 0 aromatic rings. The lowest BCUT2D eigenvalue weighted by Crippen LogP contribution is -2.60. The quantitative estimate of drug-likeness (QED) is 0.861. The van der Waals surface area contributed by atoms with Crippen molar-refractivity contribution in [2.24, 2.45) is 22.5 Å². The highest BCUT2D eigenvalue weighted by molar-refractivity contribution is 5.06. The lowest BCUT2D eigenvalue weighted by Gasteiger charge is -2.55. The number of hydrogen-bond donors (Lipinski definition) is 1. The Labute approximate surface area is 125 Å². The minimum Gasteiger partial charge on any atom is -0.384 e. The molecule has 118 valence electrons. The van der Waals surface area contributed by atoms with E-state index in [0.29, 0.717) is 16.7 Å². The number of methoxy groups -OCH3 is 1. The molecular weight excluding hydrogens is 248 g/mol. The van der Waals surface area contributed by atoms with Gasteiger partial charge in [0.05, 0.1) is 6.61 Å². The second-order valence-corrected chi connectivity index (χ2v) is 8.84. The third kappa shape index (κ3) is 3.37. The fraction of sp³-hybridized carbons (Fsp3) is 1.00. The van der Waals surface area contributed by atoms with E-state index in [4.69, 9.17) is 10.5 Å². The fourth-order valence-corrected chi connectivity index (χ4v) is 5.40. The monoisotopic (exact) mass is 282 g/mol. The SMILES string of the molecule is COCC1CCN(C2(CN)CC(C)(C)CC(C)(C)C2)C1. The molecule has 1 aliphatic carbocycles. The minimum absolute atomic E-state index is 0.202. The van der Waals surface area contributed by atoms with Gasteiger partial charge < -0.3 is 10.5 Å². The summed E-state index contributed by atoms with van der Waals surface area (Å²) in [6.45, 7) is 13.7. The van der Waals surface area contributed by atoms with Crippen LogP contribution in [-0.4, -0.2) is 43.8 Å². The Kier molecular flexibility index (Phi) is 4.54. The van der Waals surface area contributed by atoms with Crippen molar-refractivity contribution in [1.29, 1.82) is 0 Å². The van der Waals surface area contributed by atoms with E-state index in [0.717, 1.165) is 19.7 Å². The van der Waals surface area contributed by atoms with Gasteiger partial charge >= 0.3 is 0 Å². The highest BCUT2D eigenvalue weighted by Crippen LogP contribution is 2.52. The molecule has 0 aromatic heterocycles. The van der Waals surface area contributed by atoms with Gasteiger partial charge in [-0.05, 0) is 49.0 Å². The van der Waals surface area contributed by atoms with Gasteiger partial charge in [-0.3, -0.25) is 4.90 Å². The van der Waals surface area contributed by atoms with Gasteiger partial charge in [-0.15, -0.1) is 0 Å². The van der Waals surface area contributed by atoms with Crippen LogP contribution < -0.4 is 5.73 Å². The molecule has 0 bridgehead atoms. The third-order valence-electron chi connectivity index (χ3n) is 5.31. The Hall–Kier alpha value is -0.120. The van der Waals surface area contributed by atoms with Crippen molar-refractivity contribution in [1.82, 2.24) is 4.90 Å². The second kappa shape index (κ2) is 5.58. The first-order valence-corrected chi connectivity index (χ1v) is 8.16. The van der Waals surface area contributed by atoms with E-state index in [-0.39, 0.29) is 5.54 Å². The van der Waals surface area contributed by atoms with Gasteiger partial charge in [-0.2, -0.15) is 0 Å². The normalized spacial score (nSPS) is 32.4. The van der Waals surface area contributed by atoms with Gasteiger partial charge in [-0.1, -0.05) is 27.7 Å². The molecule has 20 heavy (non-hydrogen) atoms. The number of nitrogens with zero attached hydrogens (tertiary/aromatic N) is 1. The van der Waals surface area contributed by atoms with Gasteiger partial charge in [0.15, 0.2) is 0 Å². The zero-order valence-electron chi connectivity index (χ0n) is 14.2. The summed E-state index contributed by atoms with van der Waals surface area (Å²) in [6.07, 6.45) is 5.03. The Morgan fingerprint density at radius 1 is 1.10 bits per heavy atom. The van der Waals surface area contributed by atoms with Crippen LogP contribution in [0.4, 0.5) is 0 Å². The maximum atomic E-state index is 6.31. The Bertz CT molecular complexity index is 322. The van der Waals surface area contributed by atoms with Crippen molar-refractivity contribution in [3.8, 4) is 0 Å². The number of rotatable bonds is 4. The van der Waals surface area contributed by atoms with Crippen molar-refractivity contribution >= 4 is 0 Å². The molecule has 1 saturated heterocycles. The number of likely N-dealkylation sites (tertiary alicyclic amines) is 1. The van der Waals surface area contributed by atoms with E-state index in [9.17, 15) is 0 Å². The molecule has 1 heterocycles. The molecule has 1 unspecified atom stereocenters. The number of ether oxygens (including phenoxy) is 1. The van der Waals surface area contributed by atoms with Crippen LogP contribution in [0.3, 0.4) is 0 Å². The molecule has 2 fully saturated rings. The van der Waals surface area contributed by atoms with Crippen LogP contribution in [-0.2, 0) is 4.74 Å². The van der Waals surface area contributed by atoms with Gasteiger partial charge in [0.25, 0.3) is 0 Å². The lowest BCUT2D eigenvalue weighted by atomic mass is 9.58. The highest BCUT2D eigenvalue weighted by Gasteiger charge is 2.50. The topological polar surface area (TPSA) is 38.5 Å². The second-order valence-electron chi connectivity index (χ2n) is 8.84. The zero-order valence-corrected chi connectivity index (χ0v) is 14.2. The Balaban J connectivity index is 2.17. The maximum Gasteiger partial charge on any atom is 0.0503 e. The van der Waals surface area contributed by atoms with Crippen LogP contribution in [0.1, 0.15) is 53.4 Å². The zero-order chi connectivity index (χ0) is 15.0. The van der Waals surface area contributed by atoms with Crippen molar-refractivity contribution < 1.29 is 4.74 Å². The molecule has 1 atom stereocenters. The van der Waals surface area contributed by atoms with Crippen molar-refractivity contribution in [3.05, 3.63) is 0 Å². The van der Waals surface area contributed by atoms with Crippen LogP contribution in [0.5, 0.6) is 0 Å². The van der Waals surface area contributed by atoms with Crippen LogP contribution >= 0.6 is 0 Å². The average Bonchev–Trinajstić information content (AvgIpc) is 2.74. The van der Waals surface area contributed by atoms with E-state index in [2.05, 4.69) is 32.6 Å². The van der Waals surface area contributed by atoms with Crippen molar-refractivity contribution in [2.45, 2.75) is 58.9 Å². The summed E-state index contributed by atoms with van der Waals surface area (Å²) in [5.74, 6) is 0.691. The maximum absolute atomic E-state index is 6.31. The summed E-state index contributed by atoms with van der Waals surface area (Å²) in [5, 5.41) is 0. The summed E-state index contributed by atoms with van der Waals surface area (Å²) in [4.78, 5) is 2.69. The van der Waals surface area contributed by atoms with E-state index in [1.54, 1.807) is 0 Å². The van der Waals surface area contributed by atoms with Gasteiger partial charge in [0, 0.05) is 25.7 Å². The van der Waals surface area contributed by atoms with Gasteiger partial charge in [0.2, 0.25) is 0 Å². The van der Waals surface area contributed by atoms with Crippen molar-refractivity contribution in [3.63, 3.8) is 0 Å². The van der Waals surface area contributed by atoms with Crippen LogP contribution in [0.25, 0.3) is 0 Å². The Morgan fingerprint density at radius 3 is 2.20 bits per heavy atom. The third-order valence-corrected chi connectivity index (χ3v) is 5.31. The molecule has 0 amide bonds. The first-order chi connectivity index (χ1) is 9.22.